The average molecular weight is 610 g/mol. The Kier molecular flexibility index (Phi) is 10.4. The predicted octanol–water partition coefficient (Wildman–Crippen LogP) is 3.37. The van der Waals surface area contributed by atoms with E-state index in [4.69, 9.17) is 30.0 Å². The third kappa shape index (κ3) is 9.30. The number of carbonyl (C=O) groups is 2. The zero-order chi connectivity index (χ0) is 31.2. The fourth-order valence-electron chi connectivity index (χ4n) is 4.28. The van der Waals surface area contributed by atoms with Gasteiger partial charge in [0.25, 0.3) is 6.01 Å². The van der Waals surface area contributed by atoms with Gasteiger partial charge in [-0.3, -0.25) is 4.90 Å². The SMILES string of the molecule is Cc1ccc2oc(N3CCC(n4cc(CN5CC[C@@H](N)C5)nn4)CC3)nc2c1.O=C(O)C(F)(F)F.O=C(O)C(F)(F)F. The second-order valence-corrected chi connectivity index (χ2v) is 9.77. The van der Waals surface area contributed by atoms with Gasteiger partial charge in [-0.15, -0.1) is 5.10 Å². The smallest absolute Gasteiger partial charge is 0.475 e. The number of hydrogen-bond acceptors (Lipinski definition) is 9. The van der Waals surface area contributed by atoms with E-state index in [2.05, 4.69) is 50.3 Å². The molecule has 18 heteroatoms. The first-order valence-corrected chi connectivity index (χ1v) is 12.6. The monoisotopic (exact) mass is 609 g/mol. The summed E-state index contributed by atoms with van der Waals surface area (Å²) in [6.07, 6.45) is -4.97. The molecule has 0 amide bonds. The van der Waals surface area contributed by atoms with Crippen LogP contribution in [-0.2, 0) is 16.1 Å². The van der Waals surface area contributed by atoms with Gasteiger partial charge in [0.2, 0.25) is 0 Å². The third-order valence-electron chi connectivity index (χ3n) is 6.38. The van der Waals surface area contributed by atoms with Gasteiger partial charge in [0.05, 0.1) is 17.9 Å². The molecule has 4 N–H and O–H groups in total. The maximum atomic E-state index is 10.6. The molecule has 5 rings (SSSR count). The highest BCUT2D eigenvalue weighted by Crippen LogP contribution is 2.28. The van der Waals surface area contributed by atoms with Crippen LogP contribution in [0.5, 0.6) is 0 Å². The molecule has 2 fully saturated rings. The van der Waals surface area contributed by atoms with Crippen LogP contribution in [0.2, 0.25) is 0 Å². The number of oxazole rings is 1. The summed E-state index contributed by atoms with van der Waals surface area (Å²) in [5.74, 6) is -5.51. The molecule has 232 valence electrons. The van der Waals surface area contributed by atoms with Gasteiger partial charge in [-0.25, -0.2) is 14.3 Å². The number of hydrogen-bond donors (Lipinski definition) is 3. The summed E-state index contributed by atoms with van der Waals surface area (Å²) >= 11 is 0. The highest BCUT2D eigenvalue weighted by molar-refractivity contribution is 5.75. The number of carboxylic acid groups (broad SMARTS) is 2. The number of aromatic nitrogens is 4. The van der Waals surface area contributed by atoms with E-state index in [0.717, 1.165) is 74.8 Å². The van der Waals surface area contributed by atoms with E-state index >= 15 is 0 Å². The van der Waals surface area contributed by atoms with E-state index in [0.29, 0.717) is 12.1 Å². The van der Waals surface area contributed by atoms with Crippen molar-refractivity contribution >= 4 is 29.1 Å². The predicted molar refractivity (Wildman–Crippen MR) is 135 cm³/mol. The summed E-state index contributed by atoms with van der Waals surface area (Å²) in [6, 6.07) is 7.53. The lowest BCUT2D eigenvalue weighted by molar-refractivity contribution is -0.193. The number of fused-ring (bicyclic) bond motifs is 1. The summed E-state index contributed by atoms with van der Waals surface area (Å²) in [5, 5.41) is 23.0. The number of benzene rings is 1. The highest BCUT2D eigenvalue weighted by Gasteiger charge is 2.39. The van der Waals surface area contributed by atoms with Crippen molar-refractivity contribution in [1.82, 2.24) is 24.9 Å². The number of carboxylic acids is 2. The molecule has 1 aromatic carbocycles. The topological polar surface area (TPSA) is 164 Å². The van der Waals surface area contributed by atoms with Gasteiger partial charge in [0, 0.05) is 38.8 Å². The number of alkyl halides is 6. The zero-order valence-electron chi connectivity index (χ0n) is 22.3. The number of piperidine rings is 1. The van der Waals surface area contributed by atoms with Gasteiger partial charge < -0.3 is 25.3 Å². The van der Waals surface area contributed by atoms with Crippen molar-refractivity contribution in [3.8, 4) is 0 Å². The van der Waals surface area contributed by atoms with Crippen molar-refractivity contribution in [2.75, 3.05) is 31.1 Å². The summed E-state index contributed by atoms with van der Waals surface area (Å²) in [6.45, 7) is 6.74. The van der Waals surface area contributed by atoms with Crippen LogP contribution in [0.3, 0.4) is 0 Å². The Hall–Kier alpha value is -3.93. The summed E-state index contributed by atoms with van der Waals surface area (Å²) in [7, 11) is 0. The first kappa shape index (κ1) is 32.6. The quantitative estimate of drug-likeness (QED) is 0.372. The molecule has 4 heterocycles. The number of nitrogens with two attached hydrogens (primary N) is 1. The van der Waals surface area contributed by atoms with Gasteiger partial charge in [-0.2, -0.15) is 31.3 Å². The Morgan fingerprint density at radius 3 is 2.14 bits per heavy atom. The van der Waals surface area contributed by atoms with Crippen molar-refractivity contribution in [2.45, 2.75) is 57.2 Å². The molecular formula is C24H29F6N7O5. The lowest BCUT2D eigenvalue weighted by atomic mass is 10.1. The number of likely N-dealkylation sites (tertiary alicyclic amines) is 1. The average Bonchev–Trinajstić information content (AvgIpc) is 3.64. The van der Waals surface area contributed by atoms with Crippen molar-refractivity contribution < 1.29 is 50.6 Å². The Balaban J connectivity index is 0.000000289. The van der Waals surface area contributed by atoms with Crippen LogP contribution in [0, 0.1) is 6.92 Å². The van der Waals surface area contributed by atoms with Gasteiger partial charge in [-0.05, 0) is 43.9 Å². The van der Waals surface area contributed by atoms with Crippen LogP contribution in [0.1, 0.15) is 36.6 Å². The molecule has 1 atom stereocenters. The molecule has 0 spiro atoms. The molecule has 2 saturated heterocycles. The van der Waals surface area contributed by atoms with Crippen LogP contribution in [0.15, 0.2) is 28.8 Å². The first-order chi connectivity index (χ1) is 19.5. The van der Waals surface area contributed by atoms with Gasteiger partial charge in [-0.1, -0.05) is 11.3 Å². The minimum atomic E-state index is -5.08. The maximum absolute atomic E-state index is 10.6. The van der Waals surface area contributed by atoms with Gasteiger partial charge in [0.1, 0.15) is 5.52 Å². The number of halogens is 6. The molecule has 2 aliphatic rings. The van der Waals surface area contributed by atoms with Gasteiger partial charge >= 0.3 is 24.3 Å². The van der Waals surface area contributed by atoms with Crippen LogP contribution in [0.25, 0.3) is 11.1 Å². The standard InChI is InChI=1S/C20H27N7O.2C2HF3O2/c1-14-2-3-19-18(10-14)22-20(28-19)26-8-5-17(6-9-26)27-13-16(23-24-27)12-25-7-4-15(21)11-25;2*3-2(4,5)1(6)7/h2-3,10,13,15,17H,4-9,11-12,21H2,1H3;2*(H,6,7)/t15-;;/m1../s1. The number of anilines is 1. The molecule has 0 aliphatic carbocycles. The molecule has 0 radical (unpaired) electrons. The van der Waals surface area contributed by atoms with Crippen molar-refractivity contribution in [3.05, 3.63) is 35.7 Å². The molecule has 3 aromatic rings. The largest absolute Gasteiger partial charge is 0.490 e. The molecule has 0 saturated carbocycles. The van der Waals surface area contributed by atoms with Crippen LogP contribution in [-0.4, -0.2) is 91.6 Å². The van der Waals surface area contributed by atoms with E-state index in [1.165, 1.54) is 5.56 Å². The van der Waals surface area contributed by atoms with Crippen molar-refractivity contribution in [3.63, 3.8) is 0 Å². The lowest BCUT2D eigenvalue weighted by Gasteiger charge is -2.30. The minimum absolute atomic E-state index is 0.301. The Bertz CT molecular complexity index is 1330. The first-order valence-electron chi connectivity index (χ1n) is 12.6. The summed E-state index contributed by atoms with van der Waals surface area (Å²) in [4.78, 5) is 27.1. The molecule has 42 heavy (non-hydrogen) atoms. The number of rotatable bonds is 4. The Morgan fingerprint density at radius 2 is 1.62 bits per heavy atom. The highest BCUT2D eigenvalue weighted by atomic mass is 19.4. The van der Waals surface area contributed by atoms with Gasteiger partial charge in [0.15, 0.2) is 5.58 Å². The Labute approximate surface area is 234 Å². The van der Waals surface area contributed by atoms with E-state index in [1.807, 2.05) is 10.7 Å². The van der Waals surface area contributed by atoms with E-state index in [1.54, 1.807) is 0 Å². The fourth-order valence-corrected chi connectivity index (χ4v) is 4.28. The zero-order valence-corrected chi connectivity index (χ0v) is 22.3. The molecular weight excluding hydrogens is 580 g/mol. The number of nitrogens with zero attached hydrogens (tertiary/aromatic N) is 6. The maximum Gasteiger partial charge on any atom is 0.490 e. The molecule has 0 unspecified atom stereocenters. The second kappa shape index (κ2) is 13.4. The van der Waals surface area contributed by atoms with Crippen molar-refractivity contribution in [1.29, 1.82) is 0 Å². The minimum Gasteiger partial charge on any atom is -0.475 e. The van der Waals surface area contributed by atoms with Crippen molar-refractivity contribution in [2.24, 2.45) is 5.73 Å². The number of aryl methyl sites for hydroxylation is 1. The number of aliphatic carboxylic acids is 2. The van der Waals surface area contributed by atoms with Crippen LogP contribution < -0.4 is 10.6 Å². The molecule has 12 nitrogen and oxygen atoms in total. The fraction of sp³-hybridized carbons (Fsp3) is 0.542. The van der Waals surface area contributed by atoms with E-state index < -0.39 is 24.3 Å². The molecule has 2 aliphatic heterocycles. The Morgan fingerprint density at radius 1 is 1.02 bits per heavy atom. The van der Waals surface area contributed by atoms with E-state index in [-0.39, 0.29) is 0 Å². The van der Waals surface area contributed by atoms with Crippen LogP contribution in [0.4, 0.5) is 32.4 Å². The van der Waals surface area contributed by atoms with Crippen LogP contribution >= 0.6 is 0 Å². The van der Waals surface area contributed by atoms with E-state index in [9.17, 15) is 26.3 Å². The molecule has 2 aromatic heterocycles. The summed E-state index contributed by atoms with van der Waals surface area (Å²) in [5.41, 5.74) is 10.0. The molecule has 0 bridgehead atoms. The normalized spacial score (nSPS) is 18.3. The lowest BCUT2D eigenvalue weighted by Crippen LogP contribution is -2.35. The third-order valence-corrected chi connectivity index (χ3v) is 6.38. The summed E-state index contributed by atoms with van der Waals surface area (Å²) < 4.78 is 71.5. The second-order valence-electron chi connectivity index (χ2n) is 9.77.